The fourth-order valence-corrected chi connectivity index (χ4v) is 2.23. The zero-order valence-electron chi connectivity index (χ0n) is 11.9. The van der Waals surface area contributed by atoms with Crippen molar-refractivity contribution in [3.63, 3.8) is 0 Å². The maximum atomic E-state index is 12.7. The molecule has 8 heteroatoms. The Morgan fingerprint density at radius 3 is 2.52 bits per heavy atom. The Kier molecular flexibility index (Phi) is 3.51. The second-order valence-corrected chi connectivity index (χ2v) is 4.86. The van der Waals surface area contributed by atoms with Gasteiger partial charge < -0.3 is 5.32 Å². The third-order valence-corrected chi connectivity index (χ3v) is 3.18. The molecular formula is C15H11F3N4O. The van der Waals surface area contributed by atoms with Crippen molar-refractivity contribution in [2.75, 3.05) is 5.32 Å². The van der Waals surface area contributed by atoms with Crippen molar-refractivity contribution in [2.24, 2.45) is 0 Å². The Bertz CT molecular complexity index is 869. The fraction of sp³-hybridized carbons (Fsp3) is 0.133. The van der Waals surface area contributed by atoms with Crippen molar-refractivity contribution in [3.05, 3.63) is 48.3 Å². The Balaban J connectivity index is 2.16. The first-order valence-electron chi connectivity index (χ1n) is 6.64. The molecule has 0 aliphatic rings. The molecule has 23 heavy (non-hydrogen) atoms. The van der Waals surface area contributed by atoms with Crippen molar-refractivity contribution in [2.45, 2.75) is 13.1 Å². The number of nitrogens with one attached hydrogen (secondary N) is 1. The number of rotatable bonds is 2. The summed E-state index contributed by atoms with van der Waals surface area (Å²) in [4.78, 5) is 19.6. The van der Waals surface area contributed by atoms with E-state index in [0.717, 1.165) is 12.1 Å². The van der Waals surface area contributed by atoms with E-state index in [0.29, 0.717) is 17.0 Å². The molecule has 2 heterocycles. The van der Waals surface area contributed by atoms with E-state index in [2.05, 4.69) is 15.3 Å². The largest absolute Gasteiger partial charge is 0.416 e. The van der Waals surface area contributed by atoms with Crippen molar-refractivity contribution < 1.29 is 18.0 Å². The number of halogens is 3. The number of benzene rings is 1. The minimum Gasteiger partial charge on any atom is -0.309 e. The molecule has 0 saturated carbocycles. The van der Waals surface area contributed by atoms with Crippen LogP contribution in [0.15, 0.2) is 42.7 Å². The molecule has 5 nitrogen and oxygen atoms in total. The van der Waals surface area contributed by atoms with Gasteiger partial charge in [-0.15, -0.1) is 0 Å². The predicted octanol–water partition coefficient (Wildman–Crippen LogP) is 3.37. The molecule has 0 atom stereocenters. The highest BCUT2D eigenvalue weighted by atomic mass is 19.4. The number of nitrogens with zero attached hydrogens (tertiary/aromatic N) is 3. The Hall–Kier alpha value is -2.90. The van der Waals surface area contributed by atoms with Gasteiger partial charge in [-0.05, 0) is 18.2 Å². The van der Waals surface area contributed by atoms with Crippen molar-refractivity contribution in [3.8, 4) is 11.3 Å². The van der Waals surface area contributed by atoms with E-state index < -0.39 is 11.7 Å². The molecule has 0 aliphatic heterocycles. The van der Waals surface area contributed by atoms with Crippen LogP contribution >= 0.6 is 0 Å². The molecule has 0 aliphatic carbocycles. The molecular weight excluding hydrogens is 309 g/mol. The molecule has 0 bridgehead atoms. The van der Waals surface area contributed by atoms with Gasteiger partial charge in [-0.2, -0.15) is 18.2 Å². The van der Waals surface area contributed by atoms with Gasteiger partial charge in [0, 0.05) is 24.9 Å². The van der Waals surface area contributed by atoms with Gasteiger partial charge in [0.1, 0.15) is 0 Å². The molecule has 118 valence electrons. The maximum Gasteiger partial charge on any atom is 0.416 e. The number of carbonyl (C=O) groups excluding carboxylic acids is 1. The minimum absolute atomic E-state index is 0.246. The highest BCUT2D eigenvalue weighted by Crippen LogP contribution is 2.33. The van der Waals surface area contributed by atoms with E-state index in [1.165, 1.54) is 25.3 Å². The first kappa shape index (κ1) is 15.0. The van der Waals surface area contributed by atoms with Crippen LogP contribution in [0, 0.1) is 0 Å². The Morgan fingerprint density at radius 1 is 1.22 bits per heavy atom. The SMILES string of the molecule is CC(=O)Nc1nc2ncccn2c1-c1ccc(C(F)(F)F)cc1. The van der Waals surface area contributed by atoms with E-state index in [9.17, 15) is 18.0 Å². The van der Waals surface area contributed by atoms with Crippen LogP contribution in [0.1, 0.15) is 12.5 Å². The summed E-state index contributed by atoms with van der Waals surface area (Å²) in [5.41, 5.74) is 0.216. The lowest BCUT2D eigenvalue weighted by Gasteiger charge is -2.09. The van der Waals surface area contributed by atoms with Gasteiger partial charge in [-0.1, -0.05) is 12.1 Å². The third-order valence-electron chi connectivity index (χ3n) is 3.18. The second-order valence-electron chi connectivity index (χ2n) is 4.86. The van der Waals surface area contributed by atoms with Gasteiger partial charge in [0.2, 0.25) is 11.7 Å². The van der Waals surface area contributed by atoms with Crippen molar-refractivity contribution in [1.29, 1.82) is 0 Å². The molecule has 1 aromatic carbocycles. The number of alkyl halides is 3. The smallest absolute Gasteiger partial charge is 0.309 e. The van der Waals surface area contributed by atoms with Crippen LogP contribution in [0.4, 0.5) is 19.0 Å². The van der Waals surface area contributed by atoms with Crippen LogP contribution in [-0.2, 0) is 11.0 Å². The molecule has 1 amide bonds. The number of anilines is 1. The summed E-state index contributed by atoms with van der Waals surface area (Å²) in [6.45, 7) is 1.33. The molecule has 1 N–H and O–H groups in total. The van der Waals surface area contributed by atoms with Gasteiger partial charge in [0.25, 0.3) is 0 Å². The van der Waals surface area contributed by atoms with Gasteiger partial charge in [-0.25, -0.2) is 4.98 Å². The van der Waals surface area contributed by atoms with Gasteiger partial charge in [0.15, 0.2) is 5.82 Å². The molecule has 0 fully saturated rings. The highest BCUT2D eigenvalue weighted by Gasteiger charge is 2.30. The van der Waals surface area contributed by atoms with Crippen LogP contribution < -0.4 is 5.32 Å². The standard InChI is InChI=1S/C15H11F3N4O/c1-9(23)20-13-12(22-8-2-7-19-14(22)21-13)10-3-5-11(6-4-10)15(16,17)18/h2-8H,1H3,(H,20,23). The number of fused-ring (bicyclic) bond motifs is 1. The second kappa shape index (κ2) is 5.38. The minimum atomic E-state index is -4.40. The summed E-state index contributed by atoms with van der Waals surface area (Å²) in [5.74, 6) is 0.253. The number of aromatic nitrogens is 3. The van der Waals surface area contributed by atoms with E-state index in [-0.39, 0.29) is 11.7 Å². The monoisotopic (exact) mass is 320 g/mol. The number of hydrogen-bond acceptors (Lipinski definition) is 3. The van der Waals surface area contributed by atoms with E-state index in [4.69, 9.17) is 0 Å². The summed E-state index contributed by atoms with van der Waals surface area (Å²) in [6.07, 6.45) is -1.19. The van der Waals surface area contributed by atoms with Crippen LogP contribution in [0.5, 0.6) is 0 Å². The average molecular weight is 320 g/mol. The quantitative estimate of drug-likeness (QED) is 0.787. The van der Waals surface area contributed by atoms with E-state index in [1.54, 1.807) is 16.7 Å². The molecule has 0 spiro atoms. The Labute approximate surface area is 128 Å². The summed E-state index contributed by atoms with van der Waals surface area (Å²) >= 11 is 0. The molecule has 0 radical (unpaired) electrons. The third kappa shape index (κ3) is 2.87. The van der Waals surface area contributed by atoms with E-state index in [1.807, 2.05) is 0 Å². The lowest BCUT2D eigenvalue weighted by atomic mass is 10.1. The van der Waals surface area contributed by atoms with Crippen LogP contribution in [0.2, 0.25) is 0 Å². The molecule has 0 unspecified atom stereocenters. The maximum absolute atomic E-state index is 12.7. The van der Waals surface area contributed by atoms with Gasteiger partial charge in [0.05, 0.1) is 11.3 Å². The summed E-state index contributed by atoms with van der Waals surface area (Å²) in [7, 11) is 0. The zero-order valence-corrected chi connectivity index (χ0v) is 11.9. The number of hydrogen-bond donors (Lipinski definition) is 1. The van der Waals surface area contributed by atoms with E-state index >= 15 is 0 Å². The lowest BCUT2D eigenvalue weighted by Crippen LogP contribution is -2.07. The molecule has 3 aromatic rings. The highest BCUT2D eigenvalue weighted by molar-refractivity contribution is 5.92. The average Bonchev–Trinajstić information content (AvgIpc) is 2.83. The lowest BCUT2D eigenvalue weighted by molar-refractivity contribution is -0.137. The number of amides is 1. The first-order valence-corrected chi connectivity index (χ1v) is 6.64. The van der Waals surface area contributed by atoms with Crippen molar-refractivity contribution in [1.82, 2.24) is 14.4 Å². The van der Waals surface area contributed by atoms with Crippen LogP contribution in [0.25, 0.3) is 17.0 Å². The van der Waals surface area contributed by atoms with Gasteiger partial charge in [-0.3, -0.25) is 9.20 Å². The number of imidazole rings is 1. The van der Waals surface area contributed by atoms with Gasteiger partial charge >= 0.3 is 6.18 Å². The van der Waals surface area contributed by atoms with Crippen molar-refractivity contribution >= 4 is 17.5 Å². The van der Waals surface area contributed by atoms with Crippen LogP contribution in [0.3, 0.4) is 0 Å². The summed E-state index contributed by atoms with van der Waals surface area (Å²) in [6, 6.07) is 6.32. The summed E-state index contributed by atoms with van der Waals surface area (Å²) in [5, 5.41) is 2.57. The Morgan fingerprint density at radius 2 is 1.91 bits per heavy atom. The first-order chi connectivity index (χ1) is 10.9. The molecule has 0 saturated heterocycles. The van der Waals surface area contributed by atoms with Crippen LogP contribution in [-0.4, -0.2) is 20.3 Å². The summed E-state index contributed by atoms with van der Waals surface area (Å²) < 4.78 is 39.7. The molecule has 2 aromatic heterocycles. The number of carbonyl (C=O) groups is 1. The topological polar surface area (TPSA) is 59.3 Å². The zero-order chi connectivity index (χ0) is 16.6. The fourth-order valence-electron chi connectivity index (χ4n) is 2.23. The molecule has 3 rings (SSSR count). The predicted molar refractivity (Wildman–Crippen MR) is 77.7 cm³/mol. The normalized spacial score (nSPS) is 11.7.